The van der Waals surface area contributed by atoms with Crippen LogP contribution in [-0.4, -0.2) is 50.0 Å². The summed E-state index contributed by atoms with van der Waals surface area (Å²) in [5, 5.41) is 3.21. The van der Waals surface area contributed by atoms with Gasteiger partial charge in [0.1, 0.15) is 12.6 Å². The maximum absolute atomic E-state index is 14.3. The fourth-order valence-corrected chi connectivity index (χ4v) is 6.48. The third kappa shape index (κ3) is 8.69. The van der Waals surface area contributed by atoms with Crippen molar-refractivity contribution in [1.82, 2.24) is 10.2 Å². The molecule has 1 N–H and O–H groups in total. The molecule has 230 valence electrons. The molecule has 0 saturated heterocycles. The van der Waals surface area contributed by atoms with Crippen LogP contribution >= 0.6 is 0 Å². The minimum Gasteiger partial charge on any atom is -0.352 e. The molecule has 8 heteroatoms. The largest absolute Gasteiger partial charge is 0.352 e. The lowest BCUT2D eigenvalue weighted by molar-refractivity contribution is -0.140. The lowest BCUT2D eigenvalue weighted by atomic mass is 9.87. The molecule has 0 spiro atoms. The fourth-order valence-electron chi connectivity index (χ4n) is 5.63. The molecule has 0 radical (unpaired) electrons. The molecule has 4 rings (SSSR count). The third-order valence-corrected chi connectivity index (χ3v) is 9.42. The monoisotopic (exact) mass is 603 g/mol. The highest BCUT2D eigenvalue weighted by Gasteiger charge is 2.34. The number of carbonyl (C=O) groups excluding carboxylic acids is 2. The van der Waals surface area contributed by atoms with Crippen LogP contribution in [0.3, 0.4) is 0 Å². The molecule has 0 heterocycles. The molecule has 7 nitrogen and oxygen atoms in total. The molecule has 1 saturated carbocycles. The van der Waals surface area contributed by atoms with E-state index in [0.29, 0.717) is 12.1 Å². The molecule has 0 bridgehead atoms. The topological polar surface area (TPSA) is 86.8 Å². The van der Waals surface area contributed by atoms with Crippen LogP contribution in [0.5, 0.6) is 0 Å². The van der Waals surface area contributed by atoms with Crippen LogP contribution in [-0.2, 0) is 38.0 Å². The highest BCUT2D eigenvalue weighted by atomic mass is 32.2. The van der Waals surface area contributed by atoms with E-state index in [-0.39, 0.29) is 23.9 Å². The molecule has 1 aliphatic rings. The summed E-state index contributed by atoms with van der Waals surface area (Å²) < 4.78 is 27.3. The summed E-state index contributed by atoms with van der Waals surface area (Å²) in [6, 6.07) is 24.0. The zero-order valence-electron chi connectivity index (χ0n) is 26.0. The number of hydrogen-bond acceptors (Lipinski definition) is 4. The number of anilines is 1. The van der Waals surface area contributed by atoms with E-state index in [1.165, 1.54) is 0 Å². The van der Waals surface area contributed by atoms with Gasteiger partial charge in [0.25, 0.3) is 0 Å². The van der Waals surface area contributed by atoms with Crippen LogP contribution < -0.4 is 9.62 Å². The van der Waals surface area contributed by atoms with Crippen LogP contribution in [0.4, 0.5) is 5.69 Å². The fraction of sp³-hybridized carbons (Fsp3) is 0.429. The van der Waals surface area contributed by atoms with Crippen molar-refractivity contribution in [3.05, 3.63) is 101 Å². The van der Waals surface area contributed by atoms with E-state index >= 15 is 0 Å². The number of nitrogens with zero attached hydrogens (tertiary/aromatic N) is 2. The molecule has 1 fully saturated rings. The van der Waals surface area contributed by atoms with Gasteiger partial charge in [0.15, 0.2) is 0 Å². The SMILES string of the molecule is Cc1ccccc1CN(C(=O)CN(c1ccc(C(C)(C)C)cc1)S(C)(=O)=O)[C@@H](Cc1ccccc1)C(=O)NC1CCCC1. The quantitative estimate of drug-likeness (QED) is 0.302. The van der Waals surface area contributed by atoms with Gasteiger partial charge in [-0.15, -0.1) is 0 Å². The second kappa shape index (κ2) is 13.8. The number of amides is 2. The van der Waals surface area contributed by atoms with E-state index in [2.05, 4.69) is 26.1 Å². The molecule has 3 aromatic carbocycles. The Balaban J connectivity index is 1.72. The Labute approximate surface area is 257 Å². The summed E-state index contributed by atoms with van der Waals surface area (Å²) in [4.78, 5) is 29.9. The Kier molecular flexibility index (Phi) is 10.3. The Bertz CT molecular complexity index is 1490. The van der Waals surface area contributed by atoms with Crippen molar-refractivity contribution >= 4 is 27.5 Å². The van der Waals surface area contributed by atoms with Crippen molar-refractivity contribution in [2.24, 2.45) is 0 Å². The minimum atomic E-state index is -3.81. The Hall–Kier alpha value is -3.65. The van der Waals surface area contributed by atoms with Crippen LogP contribution in [0.25, 0.3) is 0 Å². The summed E-state index contributed by atoms with van der Waals surface area (Å²) in [6.45, 7) is 8.01. The molecule has 2 amide bonds. The Morgan fingerprint density at radius 1 is 0.907 bits per heavy atom. The van der Waals surface area contributed by atoms with E-state index in [0.717, 1.165) is 58.5 Å². The average molecular weight is 604 g/mol. The molecular formula is C35H45N3O4S. The number of carbonyl (C=O) groups is 2. The molecule has 3 aromatic rings. The zero-order chi connectivity index (χ0) is 31.2. The number of aryl methyl sites for hydroxylation is 1. The number of hydrogen-bond donors (Lipinski definition) is 1. The van der Waals surface area contributed by atoms with Gasteiger partial charge in [-0.2, -0.15) is 0 Å². The van der Waals surface area contributed by atoms with Crippen molar-refractivity contribution in [2.45, 2.75) is 83.8 Å². The first kappa shape index (κ1) is 32.3. The number of nitrogens with one attached hydrogen (secondary N) is 1. The normalized spacial score (nSPS) is 14.7. The molecule has 1 aliphatic carbocycles. The summed E-state index contributed by atoms with van der Waals surface area (Å²) in [7, 11) is -3.81. The minimum absolute atomic E-state index is 0.0787. The van der Waals surface area contributed by atoms with Crippen molar-refractivity contribution in [1.29, 1.82) is 0 Å². The molecule has 0 aliphatic heterocycles. The lowest BCUT2D eigenvalue weighted by Crippen LogP contribution is -2.54. The van der Waals surface area contributed by atoms with Crippen LogP contribution in [0.1, 0.15) is 68.7 Å². The Morgan fingerprint density at radius 3 is 2.09 bits per heavy atom. The van der Waals surface area contributed by atoms with Crippen LogP contribution in [0.15, 0.2) is 78.9 Å². The second-order valence-electron chi connectivity index (χ2n) is 12.7. The van der Waals surface area contributed by atoms with Gasteiger partial charge in [0, 0.05) is 19.0 Å². The highest BCUT2D eigenvalue weighted by molar-refractivity contribution is 7.92. The number of rotatable bonds is 11. The standard InChI is InChI=1S/C35H45N3O4S/c1-26-13-9-10-16-28(26)24-37(32(23-27-14-7-6-8-15-27)34(40)36-30-17-11-12-18-30)33(39)25-38(43(5,41)42)31-21-19-29(20-22-31)35(2,3)4/h6-10,13-16,19-22,30,32H,11-12,17-18,23-25H2,1-5H3,(H,36,40)/t32-/m0/s1. The summed E-state index contributed by atoms with van der Waals surface area (Å²) >= 11 is 0. The number of benzene rings is 3. The van der Waals surface area contributed by atoms with E-state index in [4.69, 9.17) is 0 Å². The first-order valence-electron chi connectivity index (χ1n) is 15.1. The smallest absolute Gasteiger partial charge is 0.244 e. The van der Waals surface area contributed by atoms with Gasteiger partial charge in [-0.3, -0.25) is 13.9 Å². The van der Waals surface area contributed by atoms with Crippen molar-refractivity contribution in [3.63, 3.8) is 0 Å². The average Bonchev–Trinajstić information content (AvgIpc) is 3.47. The molecular weight excluding hydrogens is 558 g/mol. The lowest BCUT2D eigenvalue weighted by Gasteiger charge is -2.34. The van der Waals surface area contributed by atoms with Crippen LogP contribution in [0, 0.1) is 6.92 Å². The second-order valence-corrected chi connectivity index (χ2v) is 14.6. The first-order valence-corrected chi connectivity index (χ1v) is 16.9. The highest BCUT2D eigenvalue weighted by Crippen LogP contribution is 2.27. The third-order valence-electron chi connectivity index (χ3n) is 8.28. The van der Waals surface area contributed by atoms with Gasteiger partial charge in [-0.05, 0) is 59.6 Å². The molecule has 0 aromatic heterocycles. The maximum Gasteiger partial charge on any atom is 0.244 e. The summed E-state index contributed by atoms with van der Waals surface area (Å²) in [6.07, 6.45) is 5.40. The molecule has 1 atom stereocenters. The van der Waals surface area contributed by atoms with E-state index < -0.39 is 28.5 Å². The van der Waals surface area contributed by atoms with Crippen molar-refractivity contribution in [2.75, 3.05) is 17.1 Å². The summed E-state index contributed by atoms with van der Waals surface area (Å²) in [5.74, 6) is -0.644. The number of sulfonamides is 1. The van der Waals surface area contributed by atoms with Crippen molar-refractivity contribution in [3.8, 4) is 0 Å². The van der Waals surface area contributed by atoms with Crippen molar-refractivity contribution < 1.29 is 18.0 Å². The van der Waals surface area contributed by atoms with Crippen LogP contribution in [0.2, 0.25) is 0 Å². The molecule has 0 unspecified atom stereocenters. The predicted octanol–water partition coefficient (Wildman–Crippen LogP) is 5.76. The maximum atomic E-state index is 14.3. The first-order chi connectivity index (χ1) is 20.3. The molecule has 43 heavy (non-hydrogen) atoms. The van der Waals surface area contributed by atoms with Gasteiger partial charge in [-0.25, -0.2) is 8.42 Å². The Morgan fingerprint density at radius 2 is 1.51 bits per heavy atom. The van der Waals surface area contributed by atoms with E-state index in [1.807, 2.05) is 73.7 Å². The summed E-state index contributed by atoms with van der Waals surface area (Å²) in [5.41, 5.74) is 4.19. The van der Waals surface area contributed by atoms with E-state index in [1.54, 1.807) is 17.0 Å². The predicted molar refractivity (Wildman–Crippen MR) is 173 cm³/mol. The zero-order valence-corrected chi connectivity index (χ0v) is 26.9. The van der Waals surface area contributed by atoms with E-state index in [9.17, 15) is 18.0 Å². The van der Waals surface area contributed by atoms with Gasteiger partial charge >= 0.3 is 0 Å². The van der Waals surface area contributed by atoms with Gasteiger partial charge in [0.05, 0.1) is 11.9 Å². The van der Waals surface area contributed by atoms with Gasteiger partial charge in [0.2, 0.25) is 21.8 Å². The van der Waals surface area contributed by atoms with Gasteiger partial charge < -0.3 is 10.2 Å². The van der Waals surface area contributed by atoms with Gasteiger partial charge in [-0.1, -0.05) is 100 Å².